The molecule has 0 aliphatic carbocycles. The summed E-state index contributed by atoms with van der Waals surface area (Å²) in [6.07, 6.45) is -0.984. The zero-order valence-corrected chi connectivity index (χ0v) is 15.4. The molecule has 0 bridgehead atoms. The molecule has 0 radical (unpaired) electrons. The van der Waals surface area contributed by atoms with Crippen molar-refractivity contribution in [3.63, 3.8) is 0 Å². The number of halogens is 2. The fraction of sp³-hybridized carbons (Fsp3) is 0.500. The maximum atomic E-state index is 14.8. The summed E-state index contributed by atoms with van der Waals surface area (Å²) < 4.78 is 39.4. The molecule has 1 aromatic heterocycles. The third-order valence-corrected chi connectivity index (χ3v) is 4.64. The van der Waals surface area contributed by atoms with Crippen LogP contribution in [0.1, 0.15) is 53.6 Å². The van der Waals surface area contributed by atoms with Gasteiger partial charge in [0.25, 0.3) is 0 Å². The predicted octanol–water partition coefficient (Wildman–Crippen LogP) is 3.66. The van der Waals surface area contributed by atoms with Crippen LogP contribution in [0.15, 0.2) is 24.4 Å². The van der Waals surface area contributed by atoms with E-state index in [0.717, 1.165) is 0 Å². The standard InChI is InChI=1S/C16H18BF2NO3.C2H6/c1-15(2)16(3,4)23-17(22-15)11-6-5-9-7-12(14(19)21)20-8-10(9)13(11)18;1-2/h5-8,14,21H,1-4H3;1-2H3. The highest BCUT2D eigenvalue weighted by molar-refractivity contribution is 6.62. The van der Waals surface area contributed by atoms with Crippen molar-refractivity contribution in [3.05, 3.63) is 35.9 Å². The van der Waals surface area contributed by atoms with Crippen molar-refractivity contribution >= 4 is 23.4 Å². The summed E-state index contributed by atoms with van der Waals surface area (Å²) in [6.45, 7) is 11.6. The maximum absolute atomic E-state index is 14.8. The Morgan fingerprint density at radius 3 is 2.20 bits per heavy atom. The Balaban J connectivity index is 0.00000109. The molecule has 25 heavy (non-hydrogen) atoms. The molecule has 3 rings (SSSR count). The Labute approximate surface area is 147 Å². The zero-order chi connectivity index (χ0) is 19.0. The molecule has 4 nitrogen and oxygen atoms in total. The van der Waals surface area contributed by atoms with E-state index in [1.165, 1.54) is 12.3 Å². The van der Waals surface area contributed by atoms with Crippen LogP contribution < -0.4 is 5.46 Å². The molecular formula is C18H24BF2NO3. The fourth-order valence-corrected chi connectivity index (χ4v) is 2.50. The Morgan fingerprint density at radius 1 is 1.12 bits per heavy atom. The molecule has 1 aliphatic rings. The lowest BCUT2D eigenvalue weighted by Gasteiger charge is -2.32. The molecule has 1 aliphatic heterocycles. The highest BCUT2D eigenvalue weighted by atomic mass is 19.1. The van der Waals surface area contributed by atoms with E-state index in [1.807, 2.05) is 41.5 Å². The molecule has 0 amide bonds. The number of nitrogens with zero attached hydrogens (tertiary/aromatic N) is 1. The van der Waals surface area contributed by atoms with Crippen molar-refractivity contribution in [2.45, 2.75) is 59.1 Å². The summed E-state index contributed by atoms with van der Waals surface area (Å²) in [5.74, 6) is -0.520. The van der Waals surface area contributed by atoms with Gasteiger partial charge in [0.15, 0.2) is 0 Å². The van der Waals surface area contributed by atoms with Crippen LogP contribution in [0.5, 0.6) is 0 Å². The lowest BCUT2D eigenvalue weighted by atomic mass is 9.77. The van der Waals surface area contributed by atoms with Crippen molar-refractivity contribution in [3.8, 4) is 0 Å². The first-order valence-electron chi connectivity index (χ1n) is 8.38. The van der Waals surface area contributed by atoms with Gasteiger partial charge in [0.05, 0.1) is 11.2 Å². The number of hydrogen-bond acceptors (Lipinski definition) is 4. The first-order chi connectivity index (χ1) is 11.6. The Morgan fingerprint density at radius 2 is 1.68 bits per heavy atom. The SMILES string of the molecule is CC.CC1(C)OB(c2ccc3cc(C(O)F)ncc3c2F)OC1(C)C. The highest BCUT2D eigenvalue weighted by Gasteiger charge is 2.52. The molecule has 1 aromatic carbocycles. The summed E-state index contributed by atoms with van der Waals surface area (Å²) >= 11 is 0. The molecule has 1 fully saturated rings. The number of fused-ring (bicyclic) bond motifs is 1. The van der Waals surface area contributed by atoms with Gasteiger partial charge in [-0.1, -0.05) is 26.0 Å². The van der Waals surface area contributed by atoms with Gasteiger partial charge in [-0.15, -0.1) is 0 Å². The summed E-state index contributed by atoms with van der Waals surface area (Å²) in [5.41, 5.74) is -1.02. The molecule has 2 aromatic rings. The monoisotopic (exact) mass is 351 g/mol. The van der Waals surface area contributed by atoms with Gasteiger partial charge in [-0.2, -0.15) is 0 Å². The normalized spacial score (nSPS) is 19.5. The second-order valence-electron chi connectivity index (χ2n) is 6.72. The number of aliphatic hydroxyl groups excluding tert-OH is 1. The van der Waals surface area contributed by atoms with Gasteiger partial charge in [-0.25, -0.2) is 8.78 Å². The first-order valence-corrected chi connectivity index (χ1v) is 8.38. The van der Waals surface area contributed by atoms with Gasteiger partial charge in [0.1, 0.15) is 11.5 Å². The van der Waals surface area contributed by atoms with Gasteiger partial charge >= 0.3 is 7.12 Å². The van der Waals surface area contributed by atoms with Crippen LogP contribution in [0.3, 0.4) is 0 Å². The van der Waals surface area contributed by atoms with Crippen LogP contribution >= 0.6 is 0 Å². The number of pyridine rings is 1. The van der Waals surface area contributed by atoms with E-state index >= 15 is 0 Å². The highest BCUT2D eigenvalue weighted by Crippen LogP contribution is 2.37. The molecule has 1 unspecified atom stereocenters. The Bertz CT molecular complexity index is 749. The van der Waals surface area contributed by atoms with Crippen LogP contribution in [-0.4, -0.2) is 28.4 Å². The van der Waals surface area contributed by atoms with Gasteiger partial charge in [0, 0.05) is 17.0 Å². The van der Waals surface area contributed by atoms with Crippen molar-refractivity contribution in [1.82, 2.24) is 4.98 Å². The third-order valence-electron chi connectivity index (χ3n) is 4.64. The van der Waals surface area contributed by atoms with Gasteiger partial charge in [-0.3, -0.25) is 4.98 Å². The number of alkyl halides is 1. The van der Waals surface area contributed by atoms with E-state index in [9.17, 15) is 8.78 Å². The van der Waals surface area contributed by atoms with E-state index in [1.54, 1.807) is 12.1 Å². The Kier molecular flexibility index (Phi) is 5.51. The summed E-state index contributed by atoms with van der Waals surface area (Å²) in [6, 6.07) is 4.50. The van der Waals surface area contributed by atoms with E-state index in [2.05, 4.69) is 4.98 Å². The number of aliphatic hydroxyl groups is 1. The molecule has 0 saturated carbocycles. The number of rotatable bonds is 2. The van der Waals surface area contributed by atoms with Gasteiger partial charge in [0.2, 0.25) is 6.36 Å². The van der Waals surface area contributed by atoms with Crippen molar-refractivity contribution in [1.29, 1.82) is 0 Å². The lowest BCUT2D eigenvalue weighted by molar-refractivity contribution is 0.00578. The lowest BCUT2D eigenvalue weighted by Crippen LogP contribution is -2.41. The van der Waals surface area contributed by atoms with Crippen LogP contribution in [0.4, 0.5) is 8.78 Å². The minimum Gasteiger partial charge on any atom is -0.399 e. The second kappa shape index (κ2) is 6.98. The average molecular weight is 351 g/mol. The number of benzene rings is 1. The summed E-state index contributed by atoms with van der Waals surface area (Å²) in [7, 11) is -0.823. The molecule has 1 saturated heterocycles. The van der Waals surface area contributed by atoms with E-state index in [-0.39, 0.29) is 16.5 Å². The topological polar surface area (TPSA) is 51.6 Å². The molecular weight excluding hydrogens is 327 g/mol. The van der Waals surface area contributed by atoms with Crippen molar-refractivity contribution in [2.24, 2.45) is 0 Å². The van der Waals surface area contributed by atoms with Crippen molar-refractivity contribution in [2.75, 3.05) is 0 Å². The average Bonchev–Trinajstić information content (AvgIpc) is 2.77. The number of hydrogen-bond donors (Lipinski definition) is 1. The minimum atomic E-state index is -2.19. The van der Waals surface area contributed by atoms with Gasteiger partial charge in [-0.05, 0) is 39.1 Å². The first kappa shape index (κ1) is 19.8. The zero-order valence-electron chi connectivity index (χ0n) is 15.4. The van der Waals surface area contributed by atoms with Crippen LogP contribution in [-0.2, 0) is 9.31 Å². The molecule has 2 heterocycles. The van der Waals surface area contributed by atoms with Crippen LogP contribution in [0.2, 0.25) is 0 Å². The third kappa shape index (κ3) is 3.54. The predicted molar refractivity (Wildman–Crippen MR) is 94.8 cm³/mol. The minimum absolute atomic E-state index is 0.153. The van der Waals surface area contributed by atoms with E-state index < -0.39 is 30.5 Å². The van der Waals surface area contributed by atoms with Gasteiger partial charge < -0.3 is 14.4 Å². The Hall–Kier alpha value is -1.57. The second-order valence-corrected chi connectivity index (χ2v) is 6.72. The molecule has 0 spiro atoms. The van der Waals surface area contributed by atoms with E-state index in [0.29, 0.717) is 5.39 Å². The molecule has 7 heteroatoms. The summed E-state index contributed by atoms with van der Waals surface area (Å²) in [5, 5.41) is 9.60. The molecule has 1 N–H and O–H groups in total. The maximum Gasteiger partial charge on any atom is 0.497 e. The van der Waals surface area contributed by atoms with Crippen LogP contribution in [0.25, 0.3) is 10.8 Å². The quantitative estimate of drug-likeness (QED) is 0.839. The van der Waals surface area contributed by atoms with Crippen LogP contribution in [0, 0.1) is 5.82 Å². The number of aromatic nitrogens is 1. The van der Waals surface area contributed by atoms with Crippen molar-refractivity contribution < 1.29 is 23.2 Å². The fourth-order valence-electron chi connectivity index (χ4n) is 2.50. The van der Waals surface area contributed by atoms with E-state index in [4.69, 9.17) is 14.4 Å². The largest absolute Gasteiger partial charge is 0.497 e. The molecule has 1 atom stereocenters. The molecule has 136 valence electrons. The smallest absolute Gasteiger partial charge is 0.399 e. The summed E-state index contributed by atoms with van der Waals surface area (Å²) in [4.78, 5) is 3.75.